The number of carbonyl (C=O) groups excluding carboxylic acids is 4. The van der Waals surface area contributed by atoms with Gasteiger partial charge in [-0.3, -0.25) is 37.3 Å². The predicted molar refractivity (Wildman–Crippen MR) is 395 cm³/mol. The second kappa shape index (κ2) is 70.6. The van der Waals surface area contributed by atoms with Gasteiger partial charge in [0.15, 0.2) is 12.2 Å². The molecule has 17 nitrogen and oxygen atoms in total. The van der Waals surface area contributed by atoms with Crippen LogP contribution < -0.4 is 0 Å². The topological polar surface area (TPSA) is 237 Å². The first-order valence-corrected chi connectivity index (χ1v) is 42.9. The Morgan fingerprint density at radius 1 is 0.320 bits per heavy atom. The van der Waals surface area contributed by atoms with Gasteiger partial charge < -0.3 is 33.8 Å². The fourth-order valence-electron chi connectivity index (χ4n) is 11.5. The van der Waals surface area contributed by atoms with Crippen LogP contribution in [0.4, 0.5) is 0 Å². The highest BCUT2D eigenvalue weighted by molar-refractivity contribution is 7.47. The molecule has 0 aliphatic heterocycles. The lowest BCUT2D eigenvalue weighted by Crippen LogP contribution is -2.30. The highest BCUT2D eigenvalue weighted by Gasteiger charge is 2.30. The summed E-state index contributed by atoms with van der Waals surface area (Å²) in [5.41, 5.74) is 0. The summed E-state index contributed by atoms with van der Waals surface area (Å²) in [7, 11) is -9.93. The maximum absolute atomic E-state index is 13.1. The zero-order valence-electron chi connectivity index (χ0n) is 62.7. The first-order chi connectivity index (χ1) is 47.0. The van der Waals surface area contributed by atoms with Crippen LogP contribution >= 0.6 is 15.6 Å². The summed E-state index contributed by atoms with van der Waals surface area (Å²) in [4.78, 5) is 72.9. The van der Waals surface area contributed by atoms with Crippen molar-refractivity contribution >= 4 is 39.5 Å². The number of ether oxygens (including phenoxy) is 4. The van der Waals surface area contributed by atoms with E-state index in [4.69, 9.17) is 37.0 Å². The van der Waals surface area contributed by atoms with Gasteiger partial charge in [0.05, 0.1) is 26.4 Å². The fourth-order valence-corrected chi connectivity index (χ4v) is 13.1. The van der Waals surface area contributed by atoms with Crippen LogP contribution in [0, 0.1) is 5.92 Å². The van der Waals surface area contributed by atoms with E-state index >= 15 is 0 Å². The van der Waals surface area contributed by atoms with E-state index in [-0.39, 0.29) is 25.7 Å². The zero-order chi connectivity index (χ0) is 71.2. The van der Waals surface area contributed by atoms with Gasteiger partial charge in [-0.1, -0.05) is 335 Å². The average molecular weight is 1420 g/mol. The van der Waals surface area contributed by atoms with Crippen LogP contribution in [0.3, 0.4) is 0 Å². The molecule has 572 valence electrons. The minimum absolute atomic E-state index is 0.102. The van der Waals surface area contributed by atoms with Gasteiger partial charge in [0.25, 0.3) is 0 Å². The molecule has 3 N–H and O–H groups in total. The van der Waals surface area contributed by atoms with Gasteiger partial charge in [-0.05, 0) is 57.3 Å². The van der Waals surface area contributed by atoms with E-state index < -0.39 is 97.5 Å². The summed E-state index contributed by atoms with van der Waals surface area (Å²) < 4.78 is 68.6. The highest BCUT2D eigenvalue weighted by Crippen LogP contribution is 2.45. The summed E-state index contributed by atoms with van der Waals surface area (Å²) in [6, 6.07) is 0. The van der Waals surface area contributed by atoms with Gasteiger partial charge in [0.1, 0.15) is 19.3 Å². The molecule has 0 radical (unpaired) electrons. The predicted octanol–water partition coefficient (Wildman–Crippen LogP) is 22.8. The van der Waals surface area contributed by atoms with E-state index in [1.54, 1.807) is 0 Å². The summed E-state index contributed by atoms with van der Waals surface area (Å²) in [5.74, 6) is -1.39. The molecular formula is C78H148O17P2. The largest absolute Gasteiger partial charge is 0.472 e. The number of rotatable bonds is 76. The van der Waals surface area contributed by atoms with Crippen molar-refractivity contribution in [3.8, 4) is 0 Å². The van der Waals surface area contributed by atoms with E-state index in [9.17, 15) is 43.2 Å². The lowest BCUT2D eigenvalue weighted by molar-refractivity contribution is -0.161. The standard InChI is InChI=1S/C78H148O17P2/c1-6-9-12-15-18-21-24-27-29-31-34-37-43-48-53-58-63-77(82)94-73(67-89-76(81)62-57-52-47-42-36-33-30-28-25-22-19-16-13-10-7-2)69-92-96(84,85)90-65-72(79)66-91-97(86,87)93-70-74(95-78(83)64-59-54-49-44-39-38-40-45-50-55-60-71(4)5)68-88-75(80)61-56-51-46-41-35-32-26-23-20-17-14-11-8-3/h22,25,28,30,71-74,79H,6-21,23-24,26-27,29,31-70H2,1-5H3,(H,84,85)(H,86,87)/b25-22-,30-28-/t72-,73-,74-/m1/s1. The number of phosphoric acid groups is 2. The Labute approximate surface area is 592 Å². The van der Waals surface area contributed by atoms with Crippen LogP contribution in [0.5, 0.6) is 0 Å². The number of hydrogen-bond acceptors (Lipinski definition) is 15. The smallest absolute Gasteiger partial charge is 0.462 e. The average Bonchev–Trinajstić information content (AvgIpc) is 1.63. The van der Waals surface area contributed by atoms with Gasteiger partial charge in [0, 0.05) is 25.7 Å². The molecule has 19 heteroatoms. The van der Waals surface area contributed by atoms with Gasteiger partial charge in [-0.15, -0.1) is 0 Å². The zero-order valence-corrected chi connectivity index (χ0v) is 64.5. The van der Waals surface area contributed by atoms with Crippen LogP contribution in [0.1, 0.15) is 388 Å². The Morgan fingerprint density at radius 3 is 0.845 bits per heavy atom. The Hall–Kier alpha value is -2.46. The third-order valence-electron chi connectivity index (χ3n) is 17.7. The summed E-state index contributed by atoms with van der Waals surface area (Å²) in [5, 5.41) is 10.6. The molecule has 0 aromatic heterocycles. The van der Waals surface area contributed by atoms with Crippen LogP contribution in [0.25, 0.3) is 0 Å². The van der Waals surface area contributed by atoms with Gasteiger partial charge in [-0.2, -0.15) is 0 Å². The van der Waals surface area contributed by atoms with E-state index in [0.29, 0.717) is 25.7 Å². The molecule has 2 unspecified atom stereocenters. The first kappa shape index (κ1) is 94.5. The molecule has 0 spiro atoms. The lowest BCUT2D eigenvalue weighted by Gasteiger charge is -2.21. The molecule has 0 saturated heterocycles. The molecule has 0 fully saturated rings. The third kappa shape index (κ3) is 71.7. The Morgan fingerprint density at radius 2 is 0.557 bits per heavy atom. The first-order valence-electron chi connectivity index (χ1n) is 40.0. The van der Waals surface area contributed by atoms with Crippen molar-refractivity contribution in [1.82, 2.24) is 0 Å². The molecule has 0 bridgehead atoms. The monoisotopic (exact) mass is 1420 g/mol. The van der Waals surface area contributed by atoms with Crippen molar-refractivity contribution in [3.63, 3.8) is 0 Å². The summed E-state index contributed by atoms with van der Waals surface area (Å²) in [6.07, 6.45) is 63.1. The van der Waals surface area contributed by atoms with E-state index in [2.05, 4.69) is 58.9 Å². The molecule has 0 heterocycles. The lowest BCUT2D eigenvalue weighted by atomic mass is 10.0. The molecule has 97 heavy (non-hydrogen) atoms. The molecule has 0 amide bonds. The SMILES string of the molecule is CCCCCC/C=C\C=C/CCCCCCCC(=O)OC[C@H](COP(=O)(O)OC[C@@H](O)COP(=O)(O)OC[C@@H](COC(=O)CCCCCCCCCCCCCCC)OC(=O)CCCCCCCCCCCCC(C)C)OC(=O)CCCCCCCCCCCCCCCCCC. The van der Waals surface area contributed by atoms with Crippen molar-refractivity contribution < 1.29 is 80.2 Å². The molecular weight excluding hydrogens is 1270 g/mol. The van der Waals surface area contributed by atoms with E-state index in [1.807, 2.05) is 0 Å². The molecule has 0 aliphatic rings. The van der Waals surface area contributed by atoms with Crippen LogP contribution in [0.15, 0.2) is 24.3 Å². The normalized spacial score (nSPS) is 14.1. The highest BCUT2D eigenvalue weighted by atomic mass is 31.2. The number of carbonyl (C=O) groups is 4. The summed E-state index contributed by atoms with van der Waals surface area (Å²) in [6.45, 7) is 7.24. The van der Waals surface area contributed by atoms with Crippen molar-refractivity contribution in [2.75, 3.05) is 39.6 Å². The van der Waals surface area contributed by atoms with Crippen molar-refractivity contribution in [3.05, 3.63) is 24.3 Å². The summed E-state index contributed by atoms with van der Waals surface area (Å²) >= 11 is 0. The van der Waals surface area contributed by atoms with E-state index in [0.717, 1.165) is 115 Å². The molecule has 5 atom stereocenters. The second-order valence-corrected chi connectivity index (χ2v) is 30.8. The van der Waals surface area contributed by atoms with E-state index in [1.165, 1.54) is 193 Å². The maximum Gasteiger partial charge on any atom is 0.472 e. The Kier molecular flexibility index (Phi) is 68.8. The Balaban J connectivity index is 5.30. The third-order valence-corrected chi connectivity index (χ3v) is 19.6. The fraction of sp³-hybridized carbons (Fsp3) is 0.897. The number of aliphatic hydroxyl groups is 1. The van der Waals surface area contributed by atoms with Crippen LogP contribution in [0.2, 0.25) is 0 Å². The number of unbranched alkanes of at least 4 members (excludes halogenated alkanes) is 45. The number of esters is 4. The molecule has 0 aromatic carbocycles. The van der Waals surface area contributed by atoms with Gasteiger partial charge in [-0.25, -0.2) is 9.13 Å². The van der Waals surface area contributed by atoms with Crippen molar-refractivity contribution in [2.45, 2.75) is 406 Å². The van der Waals surface area contributed by atoms with Crippen LogP contribution in [-0.4, -0.2) is 96.7 Å². The number of allylic oxidation sites excluding steroid dienone is 4. The van der Waals surface area contributed by atoms with Gasteiger partial charge in [0.2, 0.25) is 0 Å². The quantitative estimate of drug-likeness (QED) is 0.0169. The van der Waals surface area contributed by atoms with Crippen molar-refractivity contribution in [1.29, 1.82) is 0 Å². The number of phosphoric ester groups is 2. The molecule has 0 saturated carbocycles. The molecule has 0 rings (SSSR count). The number of aliphatic hydroxyl groups excluding tert-OH is 1. The van der Waals surface area contributed by atoms with Crippen molar-refractivity contribution in [2.24, 2.45) is 5.92 Å². The minimum atomic E-state index is -4.97. The maximum atomic E-state index is 13.1. The Bertz CT molecular complexity index is 1950. The second-order valence-electron chi connectivity index (χ2n) is 27.9. The van der Waals surface area contributed by atoms with Crippen LogP contribution in [-0.2, 0) is 65.4 Å². The minimum Gasteiger partial charge on any atom is -0.462 e. The molecule has 0 aliphatic carbocycles. The number of hydrogen-bond donors (Lipinski definition) is 3. The molecule has 0 aromatic rings. The van der Waals surface area contributed by atoms with Gasteiger partial charge >= 0.3 is 39.5 Å².